The Kier molecular flexibility index (Phi) is 2.83. The molecule has 1 fully saturated rings. The number of aldehydes is 1. The molecule has 0 saturated heterocycles. The van der Waals surface area contributed by atoms with Gasteiger partial charge in [-0.25, -0.2) is 0 Å². The smallest absolute Gasteiger partial charge is 0.324 e. The van der Waals surface area contributed by atoms with Crippen molar-refractivity contribution >= 4 is 12.3 Å². The Morgan fingerprint density at radius 2 is 2.46 bits per heavy atom. The molecule has 2 atom stereocenters. The summed E-state index contributed by atoms with van der Waals surface area (Å²) >= 11 is 0. The van der Waals surface area contributed by atoms with Gasteiger partial charge in [-0.3, -0.25) is 4.79 Å². The van der Waals surface area contributed by atoms with Crippen LogP contribution in [0.1, 0.15) is 12.8 Å². The maximum atomic E-state index is 10.8. The Labute approximate surface area is 76.6 Å². The second kappa shape index (κ2) is 3.70. The number of carbonyl (C=O) groups excluding carboxylic acids is 1. The number of carbonyl (C=O) groups is 2. The van der Waals surface area contributed by atoms with E-state index in [9.17, 15) is 9.59 Å². The molecule has 0 radical (unpaired) electrons. The molecule has 0 aromatic carbocycles. The number of aliphatic carboxylic acids is 1. The Bertz CT molecular complexity index is 239. The van der Waals surface area contributed by atoms with E-state index in [0.29, 0.717) is 19.4 Å². The van der Waals surface area contributed by atoms with E-state index >= 15 is 0 Å². The number of rotatable bonds is 6. The van der Waals surface area contributed by atoms with Crippen molar-refractivity contribution < 1.29 is 14.7 Å². The summed E-state index contributed by atoms with van der Waals surface area (Å²) in [5.74, 6) is -0.861. The zero-order valence-corrected chi connectivity index (χ0v) is 7.32. The van der Waals surface area contributed by atoms with Gasteiger partial charge in [0, 0.05) is 18.9 Å². The second-order valence-corrected chi connectivity index (χ2v) is 3.20. The summed E-state index contributed by atoms with van der Waals surface area (Å²) in [5.41, 5.74) is -0.842. The Hall–Kier alpha value is -1.16. The zero-order chi connectivity index (χ0) is 9.90. The van der Waals surface area contributed by atoms with Gasteiger partial charge in [0.1, 0.15) is 11.8 Å². The third-order valence-corrected chi connectivity index (χ3v) is 2.38. The molecule has 0 spiro atoms. The minimum Gasteiger partial charge on any atom is -0.480 e. The van der Waals surface area contributed by atoms with Crippen LogP contribution < -0.4 is 5.32 Å². The van der Waals surface area contributed by atoms with E-state index in [2.05, 4.69) is 11.9 Å². The average molecular weight is 183 g/mol. The van der Waals surface area contributed by atoms with Gasteiger partial charge < -0.3 is 15.2 Å². The quantitative estimate of drug-likeness (QED) is 0.350. The van der Waals surface area contributed by atoms with Crippen LogP contribution in [0, 0.1) is 5.92 Å². The molecule has 72 valence electrons. The average Bonchev–Trinajstić information content (AvgIpc) is 2.81. The minimum absolute atomic E-state index is 0.00310. The first-order valence-corrected chi connectivity index (χ1v) is 4.22. The molecule has 4 nitrogen and oxygen atoms in total. The van der Waals surface area contributed by atoms with Crippen molar-refractivity contribution in [2.24, 2.45) is 5.92 Å². The summed E-state index contributed by atoms with van der Waals surface area (Å²) in [6, 6.07) is 0. The predicted octanol–water partition coefficient (Wildman–Crippen LogP) is 0.194. The third-order valence-electron chi connectivity index (χ3n) is 2.38. The van der Waals surface area contributed by atoms with Crippen LogP contribution >= 0.6 is 0 Å². The van der Waals surface area contributed by atoms with Crippen LogP contribution in [-0.4, -0.2) is 29.4 Å². The van der Waals surface area contributed by atoms with Crippen LogP contribution in [0.15, 0.2) is 12.7 Å². The highest BCUT2D eigenvalue weighted by Gasteiger charge is 2.58. The molecule has 2 N–H and O–H groups in total. The molecule has 2 unspecified atom stereocenters. The SMILES string of the molecule is C=CC1CC1(NCCC=O)C(=O)O. The standard InChI is InChI=1S/C9H13NO3/c1-2-7-6-9(7,8(12)13)10-4-3-5-11/h2,5,7,10H,1,3-4,6H2,(H,12,13). The van der Waals surface area contributed by atoms with E-state index in [1.807, 2.05) is 0 Å². The van der Waals surface area contributed by atoms with Gasteiger partial charge >= 0.3 is 5.97 Å². The van der Waals surface area contributed by atoms with Crippen molar-refractivity contribution in [2.75, 3.05) is 6.54 Å². The fourth-order valence-electron chi connectivity index (χ4n) is 1.45. The molecule has 1 saturated carbocycles. The molecular weight excluding hydrogens is 170 g/mol. The number of carboxylic acids is 1. The molecule has 1 aliphatic rings. The zero-order valence-electron chi connectivity index (χ0n) is 7.32. The highest BCUT2D eigenvalue weighted by Crippen LogP contribution is 2.44. The lowest BCUT2D eigenvalue weighted by atomic mass is 10.2. The molecule has 0 amide bonds. The van der Waals surface area contributed by atoms with E-state index in [4.69, 9.17) is 5.11 Å². The van der Waals surface area contributed by atoms with Crippen LogP contribution in [-0.2, 0) is 9.59 Å². The Balaban J connectivity index is 2.47. The van der Waals surface area contributed by atoms with Crippen molar-refractivity contribution in [2.45, 2.75) is 18.4 Å². The van der Waals surface area contributed by atoms with Crippen LogP contribution in [0.4, 0.5) is 0 Å². The van der Waals surface area contributed by atoms with Crippen molar-refractivity contribution in [3.8, 4) is 0 Å². The van der Waals surface area contributed by atoms with Crippen molar-refractivity contribution in [3.63, 3.8) is 0 Å². The highest BCUT2D eigenvalue weighted by molar-refractivity contribution is 5.84. The predicted molar refractivity (Wildman–Crippen MR) is 47.4 cm³/mol. The molecule has 0 heterocycles. The third kappa shape index (κ3) is 1.78. The van der Waals surface area contributed by atoms with Crippen molar-refractivity contribution in [1.82, 2.24) is 5.32 Å². The molecule has 1 rings (SSSR count). The van der Waals surface area contributed by atoms with E-state index in [-0.39, 0.29) is 5.92 Å². The minimum atomic E-state index is -0.858. The monoisotopic (exact) mass is 183 g/mol. The lowest BCUT2D eigenvalue weighted by Crippen LogP contribution is -2.41. The van der Waals surface area contributed by atoms with Crippen molar-refractivity contribution in [1.29, 1.82) is 0 Å². The summed E-state index contributed by atoms with van der Waals surface area (Å²) < 4.78 is 0. The van der Waals surface area contributed by atoms with Gasteiger partial charge in [0.25, 0.3) is 0 Å². The lowest BCUT2D eigenvalue weighted by Gasteiger charge is -2.11. The van der Waals surface area contributed by atoms with Gasteiger partial charge in [-0.15, -0.1) is 6.58 Å². The van der Waals surface area contributed by atoms with Crippen LogP contribution in [0.5, 0.6) is 0 Å². The van der Waals surface area contributed by atoms with Gasteiger partial charge in [-0.05, 0) is 6.42 Å². The number of carboxylic acid groups (broad SMARTS) is 1. The van der Waals surface area contributed by atoms with Crippen LogP contribution in [0.2, 0.25) is 0 Å². The summed E-state index contributed by atoms with van der Waals surface area (Å²) in [5, 5.41) is 11.8. The Morgan fingerprint density at radius 3 is 2.85 bits per heavy atom. The molecule has 0 bridgehead atoms. The molecule has 0 aliphatic heterocycles. The Morgan fingerprint density at radius 1 is 1.77 bits per heavy atom. The maximum Gasteiger partial charge on any atom is 0.324 e. The summed E-state index contributed by atoms with van der Waals surface area (Å²) in [7, 11) is 0. The first-order chi connectivity index (χ1) is 6.17. The van der Waals surface area contributed by atoms with E-state index in [1.165, 1.54) is 0 Å². The molecule has 13 heavy (non-hydrogen) atoms. The normalized spacial score (nSPS) is 30.9. The molecular formula is C9H13NO3. The summed E-state index contributed by atoms with van der Waals surface area (Å²) in [6.07, 6.45) is 3.33. The van der Waals surface area contributed by atoms with Gasteiger partial charge in [0.15, 0.2) is 0 Å². The molecule has 0 aromatic heterocycles. The number of nitrogens with one attached hydrogen (secondary N) is 1. The van der Waals surface area contributed by atoms with E-state index in [0.717, 1.165) is 6.29 Å². The van der Waals surface area contributed by atoms with Gasteiger partial charge in [-0.1, -0.05) is 6.08 Å². The molecule has 4 heteroatoms. The van der Waals surface area contributed by atoms with Crippen LogP contribution in [0.3, 0.4) is 0 Å². The summed E-state index contributed by atoms with van der Waals surface area (Å²) in [4.78, 5) is 20.9. The van der Waals surface area contributed by atoms with Gasteiger partial charge in [0.2, 0.25) is 0 Å². The highest BCUT2D eigenvalue weighted by atomic mass is 16.4. The number of hydrogen-bond acceptors (Lipinski definition) is 3. The number of hydrogen-bond donors (Lipinski definition) is 2. The molecule has 1 aliphatic carbocycles. The van der Waals surface area contributed by atoms with E-state index < -0.39 is 11.5 Å². The lowest BCUT2D eigenvalue weighted by molar-refractivity contribution is -0.141. The first-order valence-electron chi connectivity index (χ1n) is 4.22. The van der Waals surface area contributed by atoms with Crippen LogP contribution in [0.25, 0.3) is 0 Å². The topological polar surface area (TPSA) is 66.4 Å². The largest absolute Gasteiger partial charge is 0.480 e. The maximum absolute atomic E-state index is 10.8. The fraction of sp³-hybridized carbons (Fsp3) is 0.556. The second-order valence-electron chi connectivity index (χ2n) is 3.20. The van der Waals surface area contributed by atoms with Crippen molar-refractivity contribution in [3.05, 3.63) is 12.7 Å². The van der Waals surface area contributed by atoms with E-state index in [1.54, 1.807) is 6.08 Å². The van der Waals surface area contributed by atoms with Gasteiger partial charge in [0.05, 0.1) is 0 Å². The first kappa shape index (κ1) is 9.92. The van der Waals surface area contributed by atoms with Gasteiger partial charge in [-0.2, -0.15) is 0 Å². The fourth-order valence-corrected chi connectivity index (χ4v) is 1.45. The molecule has 0 aromatic rings. The summed E-state index contributed by atoms with van der Waals surface area (Å²) in [6.45, 7) is 3.97.